The molecule has 2 N–H and O–H groups in total. The summed E-state index contributed by atoms with van der Waals surface area (Å²) in [4.78, 5) is 36.0. The topological polar surface area (TPSA) is 111 Å². The van der Waals surface area contributed by atoms with Crippen molar-refractivity contribution in [3.05, 3.63) is 39.8 Å². The second-order valence-corrected chi connectivity index (χ2v) is 6.19. The minimum absolute atomic E-state index is 0.0941. The van der Waals surface area contributed by atoms with Crippen LogP contribution in [0.5, 0.6) is 0 Å². The fourth-order valence-electron chi connectivity index (χ4n) is 2.74. The highest BCUT2D eigenvalue weighted by atomic mass is 35.5. The zero-order chi connectivity index (χ0) is 17.8. The minimum Gasteiger partial charge on any atom is -0.335 e. The summed E-state index contributed by atoms with van der Waals surface area (Å²) < 4.78 is 1.86. The molecule has 3 rings (SSSR count). The molecule has 0 bridgehead atoms. The smallest absolute Gasteiger partial charge is 0.335 e. The number of imide groups is 1. The summed E-state index contributed by atoms with van der Waals surface area (Å²) in [6.07, 6.45) is 3.96. The molecule has 132 valence electrons. The van der Waals surface area contributed by atoms with Crippen molar-refractivity contribution in [2.45, 2.75) is 38.3 Å². The van der Waals surface area contributed by atoms with Gasteiger partial charge in [-0.2, -0.15) is 9.36 Å². The number of para-hydroxylation sites is 1. The Morgan fingerprint density at radius 1 is 1.20 bits per heavy atom. The Kier molecular flexibility index (Phi) is 5.13. The highest BCUT2D eigenvalue weighted by molar-refractivity contribution is 6.32. The first kappa shape index (κ1) is 17.2. The lowest BCUT2D eigenvalue weighted by Gasteiger charge is -2.11. The molecule has 1 aliphatic rings. The Balaban J connectivity index is 1.63. The number of benzene rings is 1. The quantitative estimate of drug-likeness (QED) is 0.835. The molecule has 0 unspecified atom stereocenters. The maximum Gasteiger partial charge on any atom is 0.369 e. The van der Waals surface area contributed by atoms with Gasteiger partial charge in [0.15, 0.2) is 0 Å². The standard InChI is InChI=1S/C15H17ClN6O3/c16-11-7-3-4-8-12(11)22-15(25)21(19-20-22)9-13(23)18-14(24)17-10-5-1-2-6-10/h3-4,7-8,10H,1-2,5-6,9H2,(H2,17,18,23,24). The van der Waals surface area contributed by atoms with Crippen molar-refractivity contribution in [3.8, 4) is 5.69 Å². The number of aromatic nitrogens is 4. The molecule has 0 radical (unpaired) electrons. The third-order valence-corrected chi connectivity index (χ3v) is 4.28. The van der Waals surface area contributed by atoms with Crippen LogP contribution in [0.15, 0.2) is 29.1 Å². The molecule has 0 spiro atoms. The van der Waals surface area contributed by atoms with Gasteiger partial charge in [0.2, 0.25) is 5.91 Å². The summed E-state index contributed by atoms with van der Waals surface area (Å²) in [5.41, 5.74) is -0.265. The predicted octanol–water partition coefficient (Wildman–Crippen LogP) is 0.851. The SMILES string of the molecule is O=C(Cn1nnn(-c2ccccc2Cl)c1=O)NC(=O)NC1CCCC1. The van der Waals surface area contributed by atoms with Gasteiger partial charge < -0.3 is 5.32 Å². The number of nitrogens with one attached hydrogen (secondary N) is 2. The van der Waals surface area contributed by atoms with Crippen LogP contribution >= 0.6 is 11.6 Å². The van der Waals surface area contributed by atoms with E-state index in [4.69, 9.17) is 11.6 Å². The van der Waals surface area contributed by atoms with Gasteiger partial charge in [0, 0.05) is 6.04 Å². The fraction of sp³-hybridized carbons (Fsp3) is 0.400. The molecule has 1 heterocycles. The molecule has 0 atom stereocenters. The number of nitrogens with zero attached hydrogens (tertiary/aromatic N) is 4. The Labute approximate surface area is 147 Å². The van der Waals surface area contributed by atoms with E-state index in [0.717, 1.165) is 35.0 Å². The van der Waals surface area contributed by atoms with Crippen LogP contribution in [0.1, 0.15) is 25.7 Å². The Morgan fingerprint density at radius 2 is 1.92 bits per heavy atom. The number of hydrogen-bond donors (Lipinski definition) is 2. The molecule has 9 nitrogen and oxygen atoms in total. The fourth-order valence-corrected chi connectivity index (χ4v) is 2.96. The first-order chi connectivity index (χ1) is 12.0. The van der Waals surface area contributed by atoms with Gasteiger partial charge in [-0.3, -0.25) is 10.1 Å². The summed E-state index contributed by atoms with van der Waals surface area (Å²) in [7, 11) is 0. The highest BCUT2D eigenvalue weighted by Gasteiger charge is 2.19. The summed E-state index contributed by atoms with van der Waals surface area (Å²) in [6, 6.07) is 6.17. The number of tetrazole rings is 1. The van der Waals surface area contributed by atoms with E-state index in [1.165, 1.54) is 0 Å². The summed E-state index contributed by atoms with van der Waals surface area (Å²) in [5.74, 6) is -0.649. The van der Waals surface area contributed by atoms with E-state index >= 15 is 0 Å². The molecule has 1 saturated carbocycles. The lowest BCUT2D eigenvalue weighted by molar-refractivity contribution is -0.120. The zero-order valence-corrected chi connectivity index (χ0v) is 14.1. The molecule has 2 aromatic rings. The molecule has 25 heavy (non-hydrogen) atoms. The maximum absolute atomic E-state index is 12.3. The van der Waals surface area contributed by atoms with Crippen molar-refractivity contribution in [1.82, 2.24) is 30.4 Å². The molecular weight excluding hydrogens is 348 g/mol. The molecule has 3 amide bonds. The summed E-state index contributed by atoms with van der Waals surface area (Å²) in [6.45, 7) is -0.415. The predicted molar refractivity (Wildman–Crippen MR) is 89.6 cm³/mol. The van der Waals surface area contributed by atoms with Crippen LogP contribution in [0.25, 0.3) is 5.69 Å². The van der Waals surface area contributed by atoms with Crippen LogP contribution < -0.4 is 16.3 Å². The molecule has 0 saturated heterocycles. The van der Waals surface area contributed by atoms with Gasteiger partial charge in [-0.1, -0.05) is 36.6 Å². The Morgan fingerprint density at radius 3 is 2.64 bits per heavy atom. The van der Waals surface area contributed by atoms with Crippen LogP contribution in [-0.4, -0.2) is 37.8 Å². The Hall–Kier alpha value is -2.68. The zero-order valence-electron chi connectivity index (χ0n) is 13.3. The number of hydrogen-bond acceptors (Lipinski definition) is 5. The van der Waals surface area contributed by atoms with Crippen LogP contribution in [0.3, 0.4) is 0 Å². The molecule has 1 aromatic carbocycles. The van der Waals surface area contributed by atoms with Gasteiger partial charge in [-0.05, 0) is 35.4 Å². The number of urea groups is 1. The number of rotatable bonds is 4. The number of carbonyl (C=O) groups is 2. The van der Waals surface area contributed by atoms with Crippen LogP contribution in [-0.2, 0) is 11.3 Å². The monoisotopic (exact) mass is 364 g/mol. The van der Waals surface area contributed by atoms with Crippen molar-refractivity contribution in [2.24, 2.45) is 0 Å². The van der Waals surface area contributed by atoms with Crippen molar-refractivity contribution < 1.29 is 9.59 Å². The second-order valence-electron chi connectivity index (χ2n) is 5.79. The molecule has 10 heteroatoms. The molecule has 1 fully saturated rings. The van der Waals surface area contributed by atoms with E-state index in [1.807, 2.05) is 0 Å². The van der Waals surface area contributed by atoms with Crippen LogP contribution in [0.4, 0.5) is 4.79 Å². The summed E-state index contributed by atoms with van der Waals surface area (Å²) >= 11 is 6.03. The third-order valence-electron chi connectivity index (χ3n) is 3.96. The van der Waals surface area contributed by atoms with Crippen molar-refractivity contribution in [2.75, 3.05) is 0 Å². The van der Waals surface area contributed by atoms with Crippen LogP contribution in [0.2, 0.25) is 5.02 Å². The lowest BCUT2D eigenvalue weighted by Crippen LogP contribution is -2.45. The van der Waals surface area contributed by atoms with Gasteiger partial charge in [-0.15, -0.1) is 0 Å². The summed E-state index contributed by atoms with van der Waals surface area (Å²) in [5, 5.41) is 12.6. The average molecular weight is 365 g/mol. The molecular formula is C15H17ClN6O3. The van der Waals surface area contributed by atoms with Gasteiger partial charge in [0.1, 0.15) is 6.54 Å². The first-order valence-corrected chi connectivity index (χ1v) is 8.30. The van der Waals surface area contributed by atoms with E-state index in [-0.39, 0.29) is 6.04 Å². The van der Waals surface area contributed by atoms with E-state index in [2.05, 4.69) is 21.1 Å². The van der Waals surface area contributed by atoms with Gasteiger partial charge in [-0.25, -0.2) is 9.59 Å². The van der Waals surface area contributed by atoms with Crippen molar-refractivity contribution in [1.29, 1.82) is 0 Å². The van der Waals surface area contributed by atoms with Crippen molar-refractivity contribution >= 4 is 23.5 Å². The molecule has 1 aromatic heterocycles. The van der Waals surface area contributed by atoms with Crippen molar-refractivity contribution in [3.63, 3.8) is 0 Å². The maximum atomic E-state index is 12.3. The second kappa shape index (κ2) is 7.47. The van der Waals surface area contributed by atoms with E-state index < -0.39 is 24.2 Å². The van der Waals surface area contributed by atoms with Gasteiger partial charge in [0.05, 0.1) is 10.7 Å². The first-order valence-electron chi connectivity index (χ1n) is 7.92. The van der Waals surface area contributed by atoms with E-state index in [1.54, 1.807) is 24.3 Å². The molecule has 0 aliphatic heterocycles. The van der Waals surface area contributed by atoms with Crippen LogP contribution in [0, 0.1) is 0 Å². The number of amides is 3. The van der Waals surface area contributed by atoms with Gasteiger partial charge >= 0.3 is 11.7 Å². The average Bonchev–Trinajstić information content (AvgIpc) is 3.19. The largest absolute Gasteiger partial charge is 0.369 e. The number of halogens is 1. The highest BCUT2D eigenvalue weighted by Crippen LogP contribution is 2.17. The minimum atomic E-state index is -0.649. The lowest BCUT2D eigenvalue weighted by atomic mass is 10.2. The number of carbonyl (C=O) groups excluding carboxylic acids is 2. The van der Waals surface area contributed by atoms with E-state index in [9.17, 15) is 14.4 Å². The Bertz CT molecular complexity index is 840. The third kappa shape index (κ3) is 4.05. The van der Waals surface area contributed by atoms with Gasteiger partial charge in [0.25, 0.3) is 0 Å². The normalized spacial score (nSPS) is 14.4. The molecule has 1 aliphatic carbocycles. The van der Waals surface area contributed by atoms with E-state index in [0.29, 0.717) is 10.7 Å².